The van der Waals surface area contributed by atoms with E-state index in [1.165, 1.54) is 18.9 Å². The number of ether oxygens (including phenoxy) is 1. The third kappa shape index (κ3) is 5.97. The molecule has 0 rings (SSSR count). The first-order valence-corrected chi connectivity index (χ1v) is 7.30. The lowest BCUT2D eigenvalue weighted by molar-refractivity contribution is -0.144. The normalized spacial score (nSPS) is 15.2. The van der Waals surface area contributed by atoms with Gasteiger partial charge in [0.1, 0.15) is 5.54 Å². The second kappa shape index (κ2) is 8.05. The SMILES string of the molecule is COC(=O)C(C)CSCC(=O)NC(C)(C#N)C(C)C. The van der Waals surface area contributed by atoms with Gasteiger partial charge in [0.15, 0.2) is 0 Å². The molecule has 0 aromatic carbocycles. The Hall–Kier alpha value is -1.22. The molecule has 0 aromatic rings. The molecule has 0 saturated heterocycles. The lowest BCUT2D eigenvalue weighted by Gasteiger charge is -2.27. The Morgan fingerprint density at radius 3 is 2.42 bits per heavy atom. The zero-order chi connectivity index (χ0) is 15.1. The van der Waals surface area contributed by atoms with Crippen LogP contribution in [0.3, 0.4) is 0 Å². The fraction of sp³-hybridized carbons (Fsp3) is 0.769. The molecular formula is C13H22N2O3S. The number of nitrogens with one attached hydrogen (secondary N) is 1. The maximum absolute atomic E-state index is 11.7. The van der Waals surface area contributed by atoms with E-state index < -0.39 is 5.54 Å². The zero-order valence-corrected chi connectivity index (χ0v) is 13.0. The smallest absolute Gasteiger partial charge is 0.309 e. The second-order valence-corrected chi connectivity index (χ2v) is 5.99. The van der Waals surface area contributed by atoms with Gasteiger partial charge in [-0.05, 0) is 12.8 Å². The Morgan fingerprint density at radius 1 is 1.42 bits per heavy atom. The van der Waals surface area contributed by atoms with Crippen molar-refractivity contribution in [2.24, 2.45) is 11.8 Å². The highest BCUT2D eigenvalue weighted by atomic mass is 32.2. The number of nitriles is 1. The average Bonchev–Trinajstić information content (AvgIpc) is 2.36. The number of amides is 1. The molecule has 0 heterocycles. The summed E-state index contributed by atoms with van der Waals surface area (Å²) in [6.45, 7) is 7.23. The topological polar surface area (TPSA) is 79.2 Å². The van der Waals surface area contributed by atoms with E-state index in [1.54, 1.807) is 13.8 Å². The molecule has 1 amide bonds. The highest BCUT2D eigenvalue weighted by Gasteiger charge is 2.29. The summed E-state index contributed by atoms with van der Waals surface area (Å²) in [4.78, 5) is 22.9. The number of hydrogen-bond acceptors (Lipinski definition) is 5. The number of carbonyl (C=O) groups excluding carboxylic acids is 2. The molecule has 0 saturated carbocycles. The van der Waals surface area contributed by atoms with Gasteiger partial charge in [-0.15, -0.1) is 0 Å². The number of hydrogen-bond donors (Lipinski definition) is 1. The molecular weight excluding hydrogens is 264 g/mol. The van der Waals surface area contributed by atoms with Crippen molar-refractivity contribution in [3.05, 3.63) is 0 Å². The van der Waals surface area contributed by atoms with Crippen molar-refractivity contribution in [3.63, 3.8) is 0 Å². The molecule has 2 unspecified atom stereocenters. The van der Waals surface area contributed by atoms with E-state index in [4.69, 9.17) is 5.26 Å². The van der Waals surface area contributed by atoms with Gasteiger partial charge in [0.05, 0.1) is 24.8 Å². The van der Waals surface area contributed by atoms with Gasteiger partial charge < -0.3 is 10.1 Å². The highest BCUT2D eigenvalue weighted by molar-refractivity contribution is 7.99. The van der Waals surface area contributed by atoms with Crippen molar-refractivity contribution in [2.75, 3.05) is 18.6 Å². The van der Waals surface area contributed by atoms with E-state index in [9.17, 15) is 9.59 Å². The molecule has 0 bridgehead atoms. The molecule has 6 heteroatoms. The van der Waals surface area contributed by atoms with Crippen LogP contribution in [0.1, 0.15) is 27.7 Å². The molecule has 19 heavy (non-hydrogen) atoms. The molecule has 0 aliphatic rings. The lowest BCUT2D eigenvalue weighted by atomic mass is 9.90. The van der Waals surface area contributed by atoms with Crippen LogP contribution in [0.2, 0.25) is 0 Å². The molecule has 0 fully saturated rings. The van der Waals surface area contributed by atoms with Gasteiger partial charge in [-0.2, -0.15) is 17.0 Å². The van der Waals surface area contributed by atoms with Gasteiger partial charge in [-0.25, -0.2) is 0 Å². The summed E-state index contributed by atoms with van der Waals surface area (Å²) in [5.41, 5.74) is -0.856. The van der Waals surface area contributed by atoms with Crippen LogP contribution in [0.15, 0.2) is 0 Å². The lowest BCUT2D eigenvalue weighted by Crippen LogP contribution is -2.49. The van der Waals surface area contributed by atoms with Gasteiger partial charge in [0, 0.05) is 5.75 Å². The highest BCUT2D eigenvalue weighted by Crippen LogP contribution is 2.16. The number of esters is 1. The Bertz CT molecular complexity index is 365. The molecule has 0 spiro atoms. The fourth-order valence-corrected chi connectivity index (χ4v) is 2.09. The maximum Gasteiger partial charge on any atom is 0.309 e. The van der Waals surface area contributed by atoms with E-state index in [-0.39, 0.29) is 29.5 Å². The van der Waals surface area contributed by atoms with Crippen LogP contribution in [0, 0.1) is 23.2 Å². The van der Waals surface area contributed by atoms with Crippen molar-refractivity contribution in [2.45, 2.75) is 33.2 Å². The average molecular weight is 286 g/mol. The first-order valence-electron chi connectivity index (χ1n) is 6.14. The van der Waals surface area contributed by atoms with E-state index >= 15 is 0 Å². The standard InChI is InChI=1S/C13H22N2O3S/c1-9(2)13(4,8-14)15-11(16)7-19-6-10(3)12(17)18-5/h9-10H,6-7H2,1-5H3,(H,15,16). The van der Waals surface area contributed by atoms with Crippen LogP contribution < -0.4 is 5.32 Å². The number of thioether (sulfide) groups is 1. The summed E-state index contributed by atoms with van der Waals surface area (Å²) < 4.78 is 4.60. The summed E-state index contributed by atoms with van der Waals surface area (Å²) in [6.07, 6.45) is 0. The Kier molecular flexibility index (Phi) is 7.53. The predicted octanol–water partition coefficient (Wildman–Crippen LogP) is 1.58. The van der Waals surface area contributed by atoms with Crippen LogP contribution >= 0.6 is 11.8 Å². The fourth-order valence-electron chi connectivity index (χ4n) is 1.22. The molecule has 0 aromatic heterocycles. The minimum absolute atomic E-state index is 0.0282. The van der Waals surface area contributed by atoms with E-state index in [1.807, 2.05) is 13.8 Å². The van der Waals surface area contributed by atoms with Crippen molar-refractivity contribution in [3.8, 4) is 6.07 Å². The molecule has 0 radical (unpaired) electrons. The van der Waals surface area contributed by atoms with Crippen molar-refractivity contribution in [1.82, 2.24) is 5.32 Å². The second-order valence-electron chi connectivity index (χ2n) is 4.96. The monoisotopic (exact) mass is 286 g/mol. The summed E-state index contributed by atoms with van der Waals surface area (Å²) in [5.74, 6) is 0.0589. The molecule has 2 atom stereocenters. The van der Waals surface area contributed by atoms with Crippen molar-refractivity contribution in [1.29, 1.82) is 5.26 Å². The van der Waals surface area contributed by atoms with Crippen molar-refractivity contribution >= 4 is 23.6 Å². The zero-order valence-electron chi connectivity index (χ0n) is 12.1. The minimum Gasteiger partial charge on any atom is -0.469 e. The molecule has 5 nitrogen and oxygen atoms in total. The molecule has 1 N–H and O–H groups in total. The Balaban J connectivity index is 4.14. The van der Waals surface area contributed by atoms with Crippen molar-refractivity contribution < 1.29 is 14.3 Å². The molecule has 0 aliphatic carbocycles. The Morgan fingerprint density at radius 2 is 2.00 bits per heavy atom. The summed E-state index contributed by atoms with van der Waals surface area (Å²) >= 11 is 1.35. The first kappa shape index (κ1) is 17.8. The van der Waals surface area contributed by atoms with Gasteiger partial charge in [0.2, 0.25) is 5.91 Å². The quantitative estimate of drug-likeness (QED) is 0.719. The first-order chi connectivity index (χ1) is 8.76. The maximum atomic E-state index is 11.7. The minimum atomic E-state index is -0.856. The van der Waals surface area contributed by atoms with Crippen LogP contribution in [0.5, 0.6) is 0 Å². The number of methoxy groups -OCH3 is 1. The van der Waals surface area contributed by atoms with Gasteiger partial charge in [-0.1, -0.05) is 20.8 Å². The predicted molar refractivity (Wildman–Crippen MR) is 75.5 cm³/mol. The molecule has 0 aliphatic heterocycles. The van der Waals surface area contributed by atoms with Gasteiger partial charge in [-0.3, -0.25) is 9.59 Å². The van der Waals surface area contributed by atoms with Gasteiger partial charge in [0.25, 0.3) is 0 Å². The summed E-state index contributed by atoms with van der Waals surface area (Å²) in [5, 5.41) is 11.8. The van der Waals surface area contributed by atoms with E-state index in [0.29, 0.717) is 5.75 Å². The van der Waals surface area contributed by atoms with Crippen LogP contribution in [0.4, 0.5) is 0 Å². The Labute approximate surface area is 119 Å². The number of carbonyl (C=O) groups is 2. The van der Waals surface area contributed by atoms with Crippen LogP contribution in [0.25, 0.3) is 0 Å². The molecule has 108 valence electrons. The number of rotatable bonds is 7. The third-order valence-corrected chi connectivity index (χ3v) is 4.19. The summed E-state index contributed by atoms with van der Waals surface area (Å²) in [6, 6.07) is 2.12. The van der Waals surface area contributed by atoms with E-state index in [2.05, 4.69) is 16.1 Å². The van der Waals surface area contributed by atoms with E-state index in [0.717, 1.165) is 0 Å². The largest absolute Gasteiger partial charge is 0.469 e. The number of nitrogens with zero attached hydrogens (tertiary/aromatic N) is 1. The summed E-state index contributed by atoms with van der Waals surface area (Å²) in [7, 11) is 1.34. The van der Waals surface area contributed by atoms with Crippen LogP contribution in [-0.4, -0.2) is 36.0 Å². The third-order valence-electron chi connectivity index (χ3n) is 2.99. The van der Waals surface area contributed by atoms with Crippen LogP contribution in [-0.2, 0) is 14.3 Å². The van der Waals surface area contributed by atoms with Gasteiger partial charge >= 0.3 is 5.97 Å².